The number of carbonyl (C=O) groups excluding carboxylic acids is 1. The third-order valence-electron chi connectivity index (χ3n) is 4.41. The minimum atomic E-state index is -0.216. The van der Waals surface area contributed by atoms with Gasteiger partial charge in [0.25, 0.3) is 5.56 Å². The number of rotatable bonds is 6. The van der Waals surface area contributed by atoms with Gasteiger partial charge in [-0.25, -0.2) is 9.67 Å². The number of hydrogen-bond donors (Lipinski definition) is 0. The lowest BCUT2D eigenvalue weighted by atomic mass is 10.3. The van der Waals surface area contributed by atoms with Gasteiger partial charge in [0, 0.05) is 26.6 Å². The Morgan fingerprint density at radius 3 is 2.74 bits per heavy atom. The molecule has 3 aromatic rings. The molecule has 1 amide bonds. The summed E-state index contributed by atoms with van der Waals surface area (Å²) in [5.74, 6) is 0.411. The molecule has 0 radical (unpaired) electrons. The van der Waals surface area contributed by atoms with Crippen molar-refractivity contribution in [3.63, 3.8) is 0 Å². The highest BCUT2D eigenvalue weighted by molar-refractivity contribution is 5.76. The zero-order valence-electron chi connectivity index (χ0n) is 15.3. The lowest BCUT2D eigenvalue weighted by molar-refractivity contribution is -0.130. The number of aromatic nitrogens is 4. The smallest absolute Gasteiger partial charge is 0.264 e. The van der Waals surface area contributed by atoms with Gasteiger partial charge in [0.15, 0.2) is 5.65 Å². The molecule has 8 nitrogen and oxygen atoms in total. The molecular formula is C19H20N6O2. The molecule has 8 heteroatoms. The summed E-state index contributed by atoms with van der Waals surface area (Å²) in [6, 6.07) is 11.5. The van der Waals surface area contributed by atoms with Crippen LogP contribution in [-0.2, 0) is 11.3 Å². The predicted molar refractivity (Wildman–Crippen MR) is 100 cm³/mol. The van der Waals surface area contributed by atoms with Gasteiger partial charge in [-0.3, -0.25) is 14.2 Å². The molecule has 3 rings (SSSR count). The van der Waals surface area contributed by atoms with Gasteiger partial charge in [-0.05, 0) is 19.1 Å². The predicted octanol–water partition coefficient (Wildman–Crippen LogP) is 1.65. The summed E-state index contributed by atoms with van der Waals surface area (Å²) in [4.78, 5) is 31.1. The highest BCUT2D eigenvalue weighted by Gasteiger charge is 2.15. The van der Waals surface area contributed by atoms with Crippen LogP contribution in [0.3, 0.4) is 0 Å². The lowest BCUT2D eigenvalue weighted by Gasteiger charge is -2.16. The van der Waals surface area contributed by atoms with Gasteiger partial charge in [-0.2, -0.15) is 10.4 Å². The van der Waals surface area contributed by atoms with Crippen LogP contribution >= 0.6 is 0 Å². The van der Waals surface area contributed by atoms with E-state index in [-0.39, 0.29) is 30.9 Å². The van der Waals surface area contributed by atoms with Crippen LogP contribution in [0.25, 0.3) is 16.7 Å². The molecule has 1 aromatic carbocycles. The molecule has 0 aliphatic carbocycles. The first-order valence-electron chi connectivity index (χ1n) is 8.64. The van der Waals surface area contributed by atoms with Gasteiger partial charge >= 0.3 is 0 Å². The molecule has 27 heavy (non-hydrogen) atoms. The minimum Gasteiger partial charge on any atom is -0.345 e. The number of fused-ring (bicyclic) bond motifs is 1. The zero-order valence-corrected chi connectivity index (χ0v) is 15.3. The van der Waals surface area contributed by atoms with E-state index in [1.165, 1.54) is 15.7 Å². The van der Waals surface area contributed by atoms with Crippen molar-refractivity contribution in [1.29, 1.82) is 5.26 Å². The number of amides is 1. The first-order chi connectivity index (χ1) is 13.0. The van der Waals surface area contributed by atoms with Crippen LogP contribution in [0.15, 0.2) is 41.3 Å². The molecule has 0 unspecified atom stereocenters. The van der Waals surface area contributed by atoms with E-state index >= 15 is 0 Å². The Morgan fingerprint density at radius 1 is 1.30 bits per heavy atom. The fourth-order valence-corrected chi connectivity index (χ4v) is 2.87. The topological polar surface area (TPSA) is 96.8 Å². The van der Waals surface area contributed by atoms with Crippen LogP contribution in [0.5, 0.6) is 0 Å². The van der Waals surface area contributed by atoms with E-state index in [0.29, 0.717) is 23.4 Å². The Morgan fingerprint density at radius 2 is 2.04 bits per heavy atom. The van der Waals surface area contributed by atoms with Crippen LogP contribution in [0.2, 0.25) is 0 Å². The molecule has 138 valence electrons. The molecule has 0 aliphatic heterocycles. The number of para-hydroxylation sites is 1. The molecule has 0 spiro atoms. The average molecular weight is 364 g/mol. The molecule has 0 aliphatic rings. The van der Waals surface area contributed by atoms with E-state index in [1.807, 2.05) is 36.4 Å². The van der Waals surface area contributed by atoms with Crippen LogP contribution < -0.4 is 5.56 Å². The molecule has 0 saturated carbocycles. The summed E-state index contributed by atoms with van der Waals surface area (Å²) in [6.07, 6.45) is 1.96. The van der Waals surface area contributed by atoms with E-state index in [1.54, 1.807) is 18.7 Å². The first kappa shape index (κ1) is 18.3. The lowest BCUT2D eigenvalue weighted by Crippen LogP contribution is -2.31. The Bertz CT molecular complexity index is 1060. The highest BCUT2D eigenvalue weighted by atomic mass is 16.2. The van der Waals surface area contributed by atoms with Crippen LogP contribution in [0, 0.1) is 18.3 Å². The Hall–Kier alpha value is -3.47. The summed E-state index contributed by atoms with van der Waals surface area (Å²) in [6.45, 7) is 2.36. The van der Waals surface area contributed by atoms with Gasteiger partial charge in [0.1, 0.15) is 11.2 Å². The second-order valence-corrected chi connectivity index (χ2v) is 6.22. The number of nitrogens with zero attached hydrogens (tertiary/aromatic N) is 6. The SMILES string of the molecule is Cc1nc2c(cnn2-c2ccccc2)c(=O)n1CCC(=O)N(C)CCC#N. The molecule has 0 bridgehead atoms. The van der Waals surface area contributed by atoms with Crippen molar-refractivity contribution in [2.45, 2.75) is 26.3 Å². The summed E-state index contributed by atoms with van der Waals surface area (Å²) in [7, 11) is 1.65. The second kappa shape index (κ2) is 7.83. The van der Waals surface area contributed by atoms with E-state index in [4.69, 9.17) is 5.26 Å². The van der Waals surface area contributed by atoms with Gasteiger partial charge in [0.05, 0.1) is 24.4 Å². The van der Waals surface area contributed by atoms with Crippen molar-refractivity contribution >= 4 is 16.9 Å². The third kappa shape index (κ3) is 3.72. The van der Waals surface area contributed by atoms with E-state index in [9.17, 15) is 9.59 Å². The summed E-state index contributed by atoms with van der Waals surface area (Å²) < 4.78 is 3.13. The van der Waals surface area contributed by atoms with Crippen molar-refractivity contribution in [2.24, 2.45) is 0 Å². The van der Waals surface area contributed by atoms with Crippen molar-refractivity contribution in [3.8, 4) is 11.8 Å². The van der Waals surface area contributed by atoms with Gasteiger partial charge in [-0.1, -0.05) is 18.2 Å². The second-order valence-electron chi connectivity index (χ2n) is 6.22. The van der Waals surface area contributed by atoms with Crippen LogP contribution in [0.4, 0.5) is 0 Å². The summed E-state index contributed by atoms with van der Waals surface area (Å²) in [5, 5.41) is 13.3. The maximum Gasteiger partial charge on any atom is 0.264 e. The van der Waals surface area contributed by atoms with Crippen LogP contribution in [-0.4, -0.2) is 43.7 Å². The van der Waals surface area contributed by atoms with E-state index < -0.39 is 0 Å². The van der Waals surface area contributed by atoms with Crippen molar-refractivity contribution < 1.29 is 4.79 Å². The maximum absolute atomic E-state index is 12.9. The molecule has 2 heterocycles. The number of aryl methyl sites for hydroxylation is 1. The van der Waals surface area contributed by atoms with Gasteiger partial charge < -0.3 is 4.90 Å². The van der Waals surface area contributed by atoms with Crippen molar-refractivity contribution in [1.82, 2.24) is 24.2 Å². The average Bonchev–Trinajstić information content (AvgIpc) is 3.10. The standard InChI is InChI=1S/C19H20N6O2/c1-14-22-18-16(13-21-25(18)15-7-4-3-5-8-15)19(27)24(14)12-9-17(26)23(2)11-6-10-20/h3-5,7-8,13H,6,9,11-12H2,1-2H3. The van der Waals surface area contributed by atoms with Crippen molar-refractivity contribution in [3.05, 3.63) is 52.7 Å². The number of benzene rings is 1. The largest absolute Gasteiger partial charge is 0.345 e. The van der Waals surface area contributed by atoms with Gasteiger partial charge in [-0.15, -0.1) is 0 Å². The van der Waals surface area contributed by atoms with Gasteiger partial charge in [0.2, 0.25) is 5.91 Å². The Balaban J connectivity index is 1.87. The maximum atomic E-state index is 12.9. The first-order valence-corrected chi connectivity index (χ1v) is 8.64. The Kier molecular flexibility index (Phi) is 5.31. The molecule has 0 atom stereocenters. The fraction of sp³-hybridized carbons (Fsp3) is 0.316. The summed E-state index contributed by atoms with van der Waals surface area (Å²) >= 11 is 0. The number of carbonyl (C=O) groups is 1. The minimum absolute atomic E-state index is 0.114. The van der Waals surface area contributed by atoms with Crippen LogP contribution in [0.1, 0.15) is 18.7 Å². The quantitative estimate of drug-likeness (QED) is 0.662. The number of nitriles is 1. The van der Waals surface area contributed by atoms with E-state index in [0.717, 1.165) is 5.69 Å². The molecule has 0 saturated heterocycles. The highest BCUT2D eigenvalue weighted by Crippen LogP contribution is 2.14. The number of hydrogen-bond acceptors (Lipinski definition) is 5. The molecule has 0 fully saturated rings. The van der Waals surface area contributed by atoms with Crippen molar-refractivity contribution in [2.75, 3.05) is 13.6 Å². The zero-order chi connectivity index (χ0) is 19.4. The normalized spacial score (nSPS) is 10.7. The third-order valence-corrected chi connectivity index (χ3v) is 4.41. The van der Waals surface area contributed by atoms with E-state index in [2.05, 4.69) is 10.1 Å². The Labute approximate surface area is 156 Å². The monoisotopic (exact) mass is 364 g/mol. The fourth-order valence-electron chi connectivity index (χ4n) is 2.87. The molecular weight excluding hydrogens is 344 g/mol. The summed E-state index contributed by atoms with van der Waals surface area (Å²) in [5.41, 5.74) is 1.11. The molecule has 0 N–H and O–H groups in total. The molecule has 2 aromatic heterocycles.